The normalized spacial score (nSPS) is 18.7. The molecule has 1 atom stereocenters. The van der Waals surface area contributed by atoms with Gasteiger partial charge in [0.25, 0.3) is 0 Å². The molecule has 0 amide bonds. The SMILES string of the molecule is Cc1ccc(S(=O)CCN(C)C2CCCCC2)cc1. The summed E-state index contributed by atoms with van der Waals surface area (Å²) in [7, 11) is 1.32. The first-order valence-corrected chi connectivity index (χ1v) is 8.64. The molecule has 0 bridgehead atoms. The van der Waals surface area contributed by atoms with E-state index in [4.69, 9.17) is 0 Å². The average Bonchev–Trinajstić information content (AvgIpc) is 2.46. The van der Waals surface area contributed by atoms with Gasteiger partial charge in [-0.05, 0) is 38.9 Å². The minimum Gasteiger partial charge on any atom is -0.302 e. The number of hydrogen-bond acceptors (Lipinski definition) is 2. The summed E-state index contributed by atoms with van der Waals surface area (Å²) in [6, 6.07) is 8.78. The predicted molar refractivity (Wildman–Crippen MR) is 82.0 cm³/mol. The lowest BCUT2D eigenvalue weighted by atomic mass is 9.94. The molecular weight excluding hydrogens is 254 g/mol. The third-order valence-electron chi connectivity index (χ3n) is 4.11. The molecule has 1 aromatic carbocycles. The van der Waals surface area contributed by atoms with E-state index in [0.29, 0.717) is 6.04 Å². The fourth-order valence-corrected chi connectivity index (χ4v) is 3.87. The Morgan fingerprint density at radius 3 is 2.42 bits per heavy atom. The fraction of sp³-hybridized carbons (Fsp3) is 0.625. The van der Waals surface area contributed by atoms with Gasteiger partial charge in [0.1, 0.15) is 0 Å². The van der Waals surface area contributed by atoms with Gasteiger partial charge in [0.05, 0.1) is 10.8 Å². The minimum absolute atomic E-state index is 0.712. The lowest BCUT2D eigenvalue weighted by Crippen LogP contribution is -2.36. The second-order valence-electron chi connectivity index (χ2n) is 5.64. The van der Waals surface area contributed by atoms with Crippen molar-refractivity contribution in [1.29, 1.82) is 0 Å². The summed E-state index contributed by atoms with van der Waals surface area (Å²) in [5.74, 6) is 0.746. The molecule has 0 spiro atoms. The van der Waals surface area contributed by atoms with Gasteiger partial charge in [-0.25, -0.2) is 0 Å². The van der Waals surface area contributed by atoms with Crippen LogP contribution in [0.3, 0.4) is 0 Å². The van der Waals surface area contributed by atoms with Gasteiger partial charge in [0.15, 0.2) is 0 Å². The average molecular weight is 279 g/mol. The Morgan fingerprint density at radius 2 is 1.79 bits per heavy atom. The Bertz CT molecular complexity index is 409. The first-order valence-electron chi connectivity index (χ1n) is 7.32. The number of nitrogens with zero attached hydrogens (tertiary/aromatic N) is 1. The molecule has 0 saturated heterocycles. The molecule has 3 heteroatoms. The number of rotatable bonds is 5. The van der Waals surface area contributed by atoms with Crippen LogP contribution >= 0.6 is 0 Å². The first kappa shape index (κ1) is 14.7. The molecule has 0 aromatic heterocycles. The van der Waals surface area contributed by atoms with Crippen LogP contribution in [0.2, 0.25) is 0 Å². The van der Waals surface area contributed by atoms with Gasteiger partial charge in [-0.15, -0.1) is 0 Å². The maximum absolute atomic E-state index is 12.2. The molecular formula is C16H25NOS. The zero-order valence-corrected chi connectivity index (χ0v) is 12.9. The topological polar surface area (TPSA) is 20.3 Å². The van der Waals surface area contributed by atoms with Crippen LogP contribution in [-0.2, 0) is 10.8 Å². The standard InChI is InChI=1S/C16H25NOS/c1-14-8-10-16(11-9-14)19(18)13-12-17(2)15-6-4-3-5-7-15/h8-11,15H,3-7,12-13H2,1-2H3. The van der Waals surface area contributed by atoms with Crippen LogP contribution in [0.1, 0.15) is 37.7 Å². The number of benzene rings is 1. The van der Waals surface area contributed by atoms with Crippen molar-refractivity contribution in [3.8, 4) is 0 Å². The van der Waals surface area contributed by atoms with Gasteiger partial charge >= 0.3 is 0 Å². The van der Waals surface area contributed by atoms with E-state index in [2.05, 4.69) is 18.9 Å². The van der Waals surface area contributed by atoms with Crippen LogP contribution in [0, 0.1) is 6.92 Å². The maximum atomic E-state index is 12.2. The van der Waals surface area contributed by atoms with E-state index in [0.717, 1.165) is 17.2 Å². The molecule has 0 heterocycles. The highest BCUT2D eigenvalue weighted by atomic mass is 32.2. The molecule has 0 N–H and O–H groups in total. The smallest absolute Gasteiger partial charge is 0.0542 e. The Kier molecular flexibility index (Phi) is 5.59. The van der Waals surface area contributed by atoms with Crippen LogP contribution in [0.25, 0.3) is 0 Å². The van der Waals surface area contributed by atoms with Gasteiger partial charge in [-0.2, -0.15) is 0 Å². The summed E-state index contributed by atoms with van der Waals surface area (Å²) >= 11 is 0. The minimum atomic E-state index is -0.858. The van der Waals surface area contributed by atoms with E-state index in [-0.39, 0.29) is 0 Å². The van der Waals surface area contributed by atoms with Crippen LogP contribution in [-0.4, -0.2) is 34.5 Å². The van der Waals surface area contributed by atoms with Crippen molar-refractivity contribution in [2.24, 2.45) is 0 Å². The zero-order valence-electron chi connectivity index (χ0n) is 12.1. The second-order valence-corrected chi connectivity index (χ2v) is 7.21. The van der Waals surface area contributed by atoms with Crippen LogP contribution in [0.15, 0.2) is 29.2 Å². The molecule has 19 heavy (non-hydrogen) atoms. The van der Waals surface area contributed by atoms with E-state index in [1.165, 1.54) is 37.7 Å². The lowest BCUT2D eigenvalue weighted by Gasteiger charge is -2.30. The lowest BCUT2D eigenvalue weighted by molar-refractivity contribution is 0.201. The maximum Gasteiger partial charge on any atom is 0.0542 e. The number of hydrogen-bond donors (Lipinski definition) is 0. The van der Waals surface area contributed by atoms with Crippen LogP contribution < -0.4 is 0 Å². The summed E-state index contributed by atoms with van der Waals surface area (Å²) in [5, 5.41) is 0. The first-order chi connectivity index (χ1) is 9.16. The van der Waals surface area contributed by atoms with Gasteiger partial charge < -0.3 is 4.90 Å². The van der Waals surface area contributed by atoms with E-state index in [1.54, 1.807) is 0 Å². The Labute approximate surface area is 119 Å². The molecule has 2 nitrogen and oxygen atoms in total. The molecule has 1 aromatic rings. The summed E-state index contributed by atoms with van der Waals surface area (Å²) in [6.07, 6.45) is 6.73. The monoisotopic (exact) mass is 279 g/mol. The van der Waals surface area contributed by atoms with Gasteiger partial charge in [0.2, 0.25) is 0 Å². The Morgan fingerprint density at radius 1 is 1.16 bits per heavy atom. The van der Waals surface area contributed by atoms with Crippen LogP contribution in [0.5, 0.6) is 0 Å². The van der Waals surface area contributed by atoms with Crippen LogP contribution in [0.4, 0.5) is 0 Å². The van der Waals surface area contributed by atoms with Crippen molar-refractivity contribution < 1.29 is 4.21 Å². The predicted octanol–water partition coefficient (Wildman–Crippen LogP) is 3.37. The molecule has 1 fully saturated rings. The third kappa shape index (κ3) is 4.43. The molecule has 0 aliphatic heterocycles. The van der Waals surface area contributed by atoms with Crippen molar-refractivity contribution in [1.82, 2.24) is 4.90 Å². The molecule has 1 unspecified atom stereocenters. The Hall–Kier alpha value is -0.670. The molecule has 106 valence electrons. The van der Waals surface area contributed by atoms with Crippen molar-refractivity contribution in [3.63, 3.8) is 0 Å². The largest absolute Gasteiger partial charge is 0.302 e. The highest BCUT2D eigenvalue weighted by molar-refractivity contribution is 7.85. The summed E-state index contributed by atoms with van der Waals surface area (Å²) in [4.78, 5) is 3.37. The molecule has 1 aliphatic carbocycles. The Balaban J connectivity index is 1.81. The zero-order chi connectivity index (χ0) is 13.7. The number of aryl methyl sites for hydroxylation is 1. The molecule has 2 rings (SSSR count). The molecule has 1 aliphatic rings. The quantitative estimate of drug-likeness (QED) is 0.823. The third-order valence-corrected chi connectivity index (χ3v) is 5.46. The van der Waals surface area contributed by atoms with Gasteiger partial charge in [-0.3, -0.25) is 4.21 Å². The van der Waals surface area contributed by atoms with Crippen molar-refractivity contribution in [2.45, 2.75) is 50.0 Å². The second kappa shape index (κ2) is 7.20. The van der Waals surface area contributed by atoms with Crippen molar-refractivity contribution in [2.75, 3.05) is 19.3 Å². The van der Waals surface area contributed by atoms with E-state index in [9.17, 15) is 4.21 Å². The summed E-state index contributed by atoms with van der Waals surface area (Å²) in [5.41, 5.74) is 1.22. The van der Waals surface area contributed by atoms with Gasteiger partial charge in [-0.1, -0.05) is 37.0 Å². The van der Waals surface area contributed by atoms with E-state index >= 15 is 0 Å². The highest BCUT2D eigenvalue weighted by Crippen LogP contribution is 2.21. The highest BCUT2D eigenvalue weighted by Gasteiger charge is 2.18. The van der Waals surface area contributed by atoms with E-state index in [1.807, 2.05) is 24.3 Å². The van der Waals surface area contributed by atoms with Crippen molar-refractivity contribution in [3.05, 3.63) is 29.8 Å². The molecule has 1 saturated carbocycles. The van der Waals surface area contributed by atoms with Gasteiger partial charge in [0, 0.05) is 23.2 Å². The molecule has 0 radical (unpaired) electrons. The van der Waals surface area contributed by atoms with Crippen molar-refractivity contribution >= 4 is 10.8 Å². The van der Waals surface area contributed by atoms with E-state index < -0.39 is 10.8 Å². The fourth-order valence-electron chi connectivity index (χ4n) is 2.74. The summed E-state index contributed by atoms with van der Waals surface area (Å²) in [6.45, 7) is 2.99. The summed E-state index contributed by atoms with van der Waals surface area (Å²) < 4.78 is 12.2.